The largest absolute Gasteiger partial charge is 0.488 e. The van der Waals surface area contributed by atoms with Crippen LogP contribution in [0.25, 0.3) is 10.9 Å². The molecule has 0 bridgehead atoms. The standard InChI is InChI=1S/C17H15FN2O2S/c1-23-13-4-2-3-12(9-13)10-21-15-6-8-19-16-14(15)5-7-20-17(16)22-11-18/h2-9H,10-11H2,1H3. The molecule has 3 aromatic rings. The number of ether oxygens (including phenoxy) is 2. The lowest BCUT2D eigenvalue weighted by Crippen LogP contribution is -1.99. The van der Waals surface area contributed by atoms with Crippen molar-refractivity contribution in [2.24, 2.45) is 0 Å². The molecule has 0 aliphatic carbocycles. The maximum absolute atomic E-state index is 12.4. The van der Waals surface area contributed by atoms with Crippen LogP contribution in [0, 0.1) is 0 Å². The van der Waals surface area contributed by atoms with Crippen molar-refractivity contribution in [2.45, 2.75) is 11.5 Å². The van der Waals surface area contributed by atoms with Crippen LogP contribution < -0.4 is 9.47 Å². The first-order valence-corrected chi connectivity index (χ1v) is 8.22. The molecule has 6 heteroatoms. The number of halogens is 1. The molecule has 0 saturated carbocycles. The van der Waals surface area contributed by atoms with Crippen LogP contribution >= 0.6 is 11.8 Å². The molecule has 0 saturated heterocycles. The van der Waals surface area contributed by atoms with Crippen LogP contribution in [-0.2, 0) is 6.61 Å². The van der Waals surface area contributed by atoms with Gasteiger partial charge in [-0.2, -0.15) is 0 Å². The summed E-state index contributed by atoms with van der Waals surface area (Å²) in [7, 11) is 0. The summed E-state index contributed by atoms with van der Waals surface area (Å²) in [6.07, 6.45) is 5.19. The third-order valence-electron chi connectivity index (χ3n) is 3.31. The number of benzene rings is 1. The number of alkyl halides is 1. The van der Waals surface area contributed by atoms with Gasteiger partial charge in [0.25, 0.3) is 0 Å². The fourth-order valence-corrected chi connectivity index (χ4v) is 2.72. The molecule has 0 unspecified atom stereocenters. The van der Waals surface area contributed by atoms with Gasteiger partial charge in [-0.1, -0.05) is 12.1 Å². The molecule has 0 atom stereocenters. The summed E-state index contributed by atoms with van der Waals surface area (Å²) in [4.78, 5) is 9.39. The van der Waals surface area contributed by atoms with Gasteiger partial charge < -0.3 is 9.47 Å². The van der Waals surface area contributed by atoms with Crippen molar-refractivity contribution in [3.8, 4) is 11.6 Å². The highest BCUT2D eigenvalue weighted by Gasteiger charge is 2.09. The van der Waals surface area contributed by atoms with Crippen LogP contribution in [-0.4, -0.2) is 23.1 Å². The highest BCUT2D eigenvalue weighted by Crippen LogP contribution is 2.29. The lowest BCUT2D eigenvalue weighted by atomic mass is 10.2. The van der Waals surface area contributed by atoms with Crippen LogP contribution in [0.3, 0.4) is 0 Å². The summed E-state index contributed by atoms with van der Waals surface area (Å²) in [6, 6.07) is 11.7. The summed E-state index contributed by atoms with van der Waals surface area (Å²) in [5.74, 6) is 0.829. The highest BCUT2D eigenvalue weighted by molar-refractivity contribution is 7.98. The van der Waals surface area contributed by atoms with Crippen molar-refractivity contribution >= 4 is 22.7 Å². The van der Waals surface area contributed by atoms with E-state index in [4.69, 9.17) is 9.47 Å². The second kappa shape index (κ2) is 7.28. The Morgan fingerprint density at radius 3 is 2.78 bits per heavy atom. The fraction of sp³-hybridized carbons (Fsp3) is 0.176. The van der Waals surface area contributed by atoms with Gasteiger partial charge in [0.15, 0.2) is 0 Å². The zero-order valence-electron chi connectivity index (χ0n) is 12.5. The smallest absolute Gasteiger partial charge is 0.243 e. The normalized spacial score (nSPS) is 10.7. The summed E-state index contributed by atoms with van der Waals surface area (Å²) >= 11 is 1.69. The number of thioether (sulfide) groups is 1. The lowest BCUT2D eigenvalue weighted by Gasteiger charge is -2.11. The lowest BCUT2D eigenvalue weighted by molar-refractivity contribution is 0.187. The van der Waals surface area contributed by atoms with Crippen molar-refractivity contribution in [3.05, 3.63) is 54.4 Å². The van der Waals surface area contributed by atoms with Crippen LogP contribution in [0.15, 0.2) is 53.7 Å². The highest BCUT2D eigenvalue weighted by atomic mass is 32.2. The molecule has 23 heavy (non-hydrogen) atoms. The summed E-state index contributed by atoms with van der Waals surface area (Å²) in [6.45, 7) is -0.504. The molecule has 2 aromatic heterocycles. The Morgan fingerprint density at radius 1 is 1.09 bits per heavy atom. The number of nitrogens with zero attached hydrogens (tertiary/aromatic N) is 2. The van der Waals surface area contributed by atoms with Crippen LogP contribution in [0.2, 0.25) is 0 Å². The minimum Gasteiger partial charge on any atom is -0.488 e. The first kappa shape index (κ1) is 15.6. The van der Waals surface area contributed by atoms with E-state index in [1.807, 2.05) is 18.4 Å². The van der Waals surface area contributed by atoms with Crippen molar-refractivity contribution in [1.82, 2.24) is 9.97 Å². The van der Waals surface area contributed by atoms with E-state index in [9.17, 15) is 4.39 Å². The Balaban J connectivity index is 1.86. The first-order valence-electron chi connectivity index (χ1n) is 7.00. The van der Waals surface area contributed by atoms with E-state index in [1.54, 1.807) is 36.3 Å². The molecule has 0 N–H and O–H groups in total. The Hall–Kier alpha value is -2.34. The average molecular weight is 330 g/mol. The third kappa shape index (κ3) is 3.53. The van der Waals surface area contributed by atoms with E-state index >= 15 is 0 Å². The van der Waals surface area contributed by atoms with E-state index < -0.39 is 6.86 Å². The Kier molecular flexibility index (Phi) is 4.92. The molecule has 0 amide bonds. The molecule has 1 aromatic carbocycles. The predicted molar refractivity (Wildman–Crippen MR) is 88.7 cm³/mol. The molecule has 0 fully saturated rings. The quantitative estimate of drug-likeness (QED) is 0.633. The number of hydrogen-bond acceptors (Lipinski definition) is 5. The summed E-state index contributed by atoms with van der Waals surface area (Å²) in [5.41, 5.74) is 1.57. The van der Waals surface area contributed by atoms with E-state index in [2.05, 4.69) is 22.1 Å². The second-order valence-corrected chi connectivity index (χ2v) is 5.59. The van der Waals surface area contributed by atoms with Gasteiger partial charge in [0.1, 0.15) is 17.9 Å². The van der Waals surface area contributed by atoms with Crippen molar-refractivity contribution in [2.75, 3.05) is 13.1 Å². The molecule has 0 aliphatic rings. The second-order valence-electron chi connectivity index (χ2n) is 4.72. The third-order valence-corrected chi connectivity index (χ3v) is 4.03. The minimum absolute atomic E-state index is 0.167. The Morgan fingerprint density at radius 2 is 1.96 bits per heavy atom. The SMILES string of the molecule is CSc1cccc(COc2ccnc3c(OCF)nccc23)c1. The number of rotatable bonds is 6. The van der Waals surface area contributed by atoms with E-state index in [-0.39, 0.29) is 5.88 Å². The maximum Gasteiger partial charge on any atom is 0.243 e. The van der Waals surface area contributed by atoms with E-state index in [0.717, 1.165) is 10.9 Å². The Labute approximate surface area is 137 Å². The molecule has 4 nitrogen and oxygen atoms in total. The zero-order chi connectivity index (χ0) is 16.1. The number of hydrogen-bond donors (Lipinski definition) is 0. The topological polar surface area (TPSA) is 44.2 Å². The van der Waals surface area contributed by atoms with Crippen LogP contribution in [0.1, 0.15) is 5.56 Å². The molecule has 0 radical (unpaired) electrons. The average Bonchev–Trinajstić information content (AvgIpc) is 2.60. The van der Waals surface area contributed by atoms with Crippen LogP contribution in [0.5, 0.6) is 11.6 Å². The van der Waals surface area contributed by atoms with Gasteiger partial charge in [0, 0.05) is 22.7 Å². The fourth-order valence-electron chi connectivity index (χ4n) is 2.23. The zero-order valence-corrected chi connectivity index (χ0v) is 13.3. The Bertz CT molecular complexity index is 813. The van der Waals surface area contributed by atoms with Crippen molar-refractivity contribution in [1.29, 1.82) is 0 Å². The molecule has 0 spiro atoms. The van der Waals surface area contributed by atoms with Gasteiger partial charge in [-0.25, -0.2) is 9.37 Å². The molecular formula is C17H15FN2O2S. The van der Waals surface area contributed by atoms with Gasteiger partial charge in [-0.15, -0.1) is 11.8 Å². The van der Waals surface area contributed by atoms with Gasteiger partial charge in [0.2, 0.25) is 12.7 Å². The number of aromatic nitrogens is 2. The van der Waals surface area contributed by atoms with Crippen molar-refractivity contribution in [3.63, 3.8) is 0 Å². The minimum atomic E-state index is -0.944. The monoisotopic (exact) mass is 330 g/mol. The molecule has 3 rings (SSSR count). The number of pyridine rings is 2. The van der Waals surface area contributed by atoms with Gasteiger partial charge in [0.05, 0.1) is 0 Å². The van der Waals surface area contributed by atoms with E-state index in [1.165, 1.54) is 4.90 Å². The molecule has 0 aliphatic heterocycles. The van der Waals surface area contributed by atoms with Gasteiger partial charge in [-0.3, -0.25) is 4.98 Å². The number of fused-ring (bicyclic) bond motifs is 1. The predicted octanol–water partition coefficient (Wildman–Crippen LogP) is 4.24. The summed E-state index contributed by atoms with van der Waals surface area (Å²) in [5, 5.41) is 0.743. The first-order chi connectivity index (χ1) is 11.3. The van der Waals surface area contributed by atoms with E-state index in [0.29, 0.717) is 17.9 Å². The maximum atomic E-state index is 12.4. The van der Waals surface area contributed by atoms with Crippen molar-refractivity contribution < 1.29 is 13.9 Å². The summed E-state index contributed by atoms with van der Waals surface area (Å²) < 4.78 is 23.2. The van der Waals surface area contributed by atoms with Gasteiger partial charge in [-0.05, 0) is 36.1 Å². The molecule has 2 heterocycles. The van der Waals surface area contributed by atoms with Crippen LogP contribution in [0.4, 0.5) is 4.39 Å². The van der Waals surface area contributed by atoms with Gasteiger partial charge >= 0.3 is 0 Å². The molecule has 118 valence electrons. The molecular weight excluding hydrogens is 315 g/mol.